The normalized spacial score (nSPS) is 18.2. The first-order chi connectivity index (χ1) is 13.7. The fourth-order valence-corrected chi connectivity index (χ4v) is 4.54. The number of anilines is 1. The number of hydrogen-bond donors (Lipinski definition) is 1. The van der Waals surface area contributed by atoms with E-state index in [1.54, 1.807) is 34.9 Å². The van der Waals surface area contributed by atoms with Crippen molar-refractivity contribution in [2.45, 2.75) is 28.7 Å². The average molecular weight is 394 g/mol. The molecule has 0 aliphatic carbocycles. The van der Waals surface area contributed by atoms with Crippen LogP contribution in [0.2, 0.25) is 0 Å². The van der Waals surface area contributed by atoms with Crippen LogP contribution < -0.4 is 10.2 Å². The van der Waals surface area contributed by atoms with Gasteiger partial charge < -0.3 is 15.0 Å². The van der Waals surface area contributed by atoms with Crippen LogP contribution >= 0.6 is 11.8 Å². The largest absolute Gasteiger partial charge is 0.376 e. The van der Waals surface area contributed by atoms with Gasteiger partial charge in [0, 0.05) is 35.1 Å². The Bertz CT molecular complexity index is 922. The molecule has 28 heavy (non-hydrogen) atoms. The Kier molecular flexibility index (Phi) is 5.50. The Labute approximate surface area is 168 Å². The minimum absolute atomic E-state index is 0.0846. The molecule has 0 saturated carbocycles. The van der Waals surface area contributed by atoms with Gasteiger partial charge in [0.25, 0.3) is 11.8 Å². The van der Waals surface area contributed by atoms with E-state index in [0.717, 1.165) is 34.9 Å². The zero-order valence-corrected chi connectivity index (χ0v) is 16.3. The highest BCUT2D eigenvalue weighted by molar-refractivity contribution is 7.99. The van der Waals surface area contributed by atoms with Gasteiger partial charge in [0.2, 0.25) is 0 Å². The maximum absolute atomic E-state index is 13.1. The number of carbonyl (C=O) groups is 2. The van der Waals surface area contributed by atoms with Crippen molar-refractivity contribution in [2.75, 3.05) is 24.6 Å². The van der Waals surface area contributed by atoms with Crippen LogP contribution in [-0.4, -0.2) is 37.6 Å². The van der Waals surface area contributed by atoms with E-state index in [9.17, 15) is 9.59 Å². The van der Waals surface area contributed by atoms with E-state index >= 15 is 0 Å². The summed E-state index contributed by atoms with van der Waals surface area (Å²) in [6.07, 6.45) is 3.80. The topological polar surface area (TPSA) is 58.6 Å². The predicted molar refractivity (Wildman–Crippen MR) is 110 cm³/mol. The second kappa shape index (κ2) is 8.20. The molecule has 1 atom stereocenters. The van der Waals surface area contributed by atoms with Crippen molar-refractivity contribution < 1.29 is 14.3 Å². The maximum Gasteiger partial charge on any atom is 0.259 e. The third-order valence-corrected chi connectivity index (χ3v) is 6.06. The molecule has 2 aromatic rings. The van der Waals surface area contributed by atoms with Crippen LogP contribution in [0.15, 0.2) is 64.9 Å². The van der Waals surface area contributed by atoms with Crippen LogP contribution in [0.4, 0.5) is 5.69 Å². The van der Waals surface area contributed by atoms with E-state index in [4.69, 9.17) is 4.74 Å². The van der Waals surface area contributed by atoms with Gasteiger partial charge in [-0.1, -0.05) is 30.0 Å². The second-order valence-corrected chi connectivity index (χ2v) is 7.91. The van der Waals surface area contributed by atoms with Crippen molar-refractivity contribution in [1.29, 1.82) is 0 Å². The Morgan fingerprint density at radius 3 is 2.93 bits per heavy atom. The van der Waals surface area contributed by atoms with E-state index in [1.807, 2.05) is 30.3 Å². The molecule has 1 saturated heterocycles. The summed E-state index contributed by atoms with van der Waals surface area (Å²) in [5.74, 6) is -0.241. The third-order valence-electron chi connectivity index (χ3n) is 4.92. The molecule has 1 N–H and O–H groups in total. The number of hydrogen-bond acceptors (Lipinski definition) is 4. The molecule has 4 rings (SSSR count). The van der Waals surface area contributed by atoms with Gasteiger partial charge in [0.05, 0.1) is 17.4 Å². The summed E-state index contributed by atoms with van der Waals surface area (Å²) in [6.45, 7) is 5.43. The first-order valence-corrected chi connectivity index (χ1v) is 10.2. The number of nitrogens with zero attached hydrogens (tertiary/aromatic N) is 1. The molecule has 144 valence electrons. The highest BCUT2D eigenvalue weighted by Crippen LogP contribution is 2.41. The Balaban J connectivity index is 1.63. The van der Waals surface area contributed by atoms with Crippen LogP contribution in [0.3, 0.4) is 0 Å². The molecule has 2 amide bonds. The summed E-state index contributed by atoms with van der Waals surface area (Å²) in [5.41, 5.74) is 1.93. The zero-order chi connectivity index (χ0) is 19.5. The molecule has 0 radical (unpaired) electrons. The van der Waals surface area contributed by atoms with Gasteiger partial charge in [0.15, 0.2) is 0 Å². The van der Waals surface area contributed by atoms with Gasteiger partial charge >= 0.3 is 0 Å². The van der Waals surface area contributed by atoms with Gasteiger partial charge in [-0.05, 0) is 43.2 Å². The van der Waals surface area contributed by atoms with Crippen LogP contribution in [0.25, 0.3) is 0 Å². The van der Waals surface area contributed by atoms with E-state index in [0.29, 0.717) is 24.2 Å². The van der Waals surface area contributed by atoms with Crippen molar-refractivity contribution >= 4 is 29.3 Å². The smallest absolute Gasteiger partial charge is 0.259 e. The summed E-state index contributed by atoms with van der Waals surface area (Å²) in [6, 6.07) is 13.1. The lowest BCUT2D eigenvalue weighted by molar-refractivity contribution is 0.0857. The predicted octanol–water partition coefficient (Wildman–Crippen LogP) is 3.89. The third kappa shape index (κ3) is 3.70. The van der Waals surface area contributed by atoms with E-state index in [2.05, 4.69) is 11.9 Å². The number of amides is 2. The minimum atomic E-state index is -0.156. The lowest BCUT2D eigenvalue weighted by atomic mass is 10.1. The number of nitrogens with one attached hydrogen (secondary N) is 1. The average Bonchev–Trinajstić information content (AvgIpc) is 3.20. The molecule has 2 aromatic carbocycles. The number of ether oxygens (including phenoxy) is 1. The number of benzene rings is 2. The van der Waals surface area contributed by atoms with Gasteiger partial charge in [-0.25, -0.2) is 0 Å². The molecular weight excluding hydrogens is 372 g/mol. The summed E-state index contributed by atoms with van der Waals surface area (Å²) in [5, 5.41) is 2.94. The monoisotopic (exact) mass is 394 g/mol. The van der Waals surface area contributed by atoms with Gasteiger partial charge in [-0.3, -0.25) is 9.59 Å². The summed E-state index contributed by atoms with van der Waals surface area (Å²) < 4.78 is 5.56. The van der Waals surface area contributed by atoms with Crippen molar-refractivity contribution in [3.8, 4) is 0 Å². The van der Waals surface area contributed by atoms with Crippen molar-refractivity contribution in [2.24, 2.45) is 0 Å². The van der Waals surface area contributed by atoms with Crippen LogP contribution in [0.5, 0.6) is 0 Å². The molecule has 0 spiro atoms. The Hall–Kier alpha value is -2.57. The van der Waals surface area contributed by atoms with Gasteiger partial charge in [0.1, 0.15) is 0 Å². The fraction of sp³-hybridized carbons (Fsp3) is 0.273. The van der Waals surface area contributed by atoms with E-state index < -0.39 is 0 Å². The maximum atomic E-state index is 13.1. The second-order valence-electron chi connectivity index (χ2n) is 6.83. The Morgan fingerprint density at radius 1 is 1.29 bits per heavy atom. The SMILES string of the molecule is C=CCN1C(=O)c2ccccc2Sc2ccc(C(=O)NCC3CCCO3)cc21. The molecule has 5 nitrogen and oxygen atoms in total. The standard InChI is InChI=1S/C22H22N2O3S/c1-2-11-24-18-13-15(21(25)23-14-16-6-5-12-27-16)9-10-20(18)28-19-8-4-3-7-17(19)22(24)26/h2-4,7-10,13,16H,1,5-6,11-12,14H2,(H,23,25). The lowest BCUT2D eigenvalue weighted by Crippen LogP contribution is -2.33. The number of carbonyl (C=O) groups excluding carboxylic acids is 2. The molecular formula is C22H22N2O3S. The van der Waals surface area contributed by atoms with Crippen LogP contribution in [-0.2, 0) is 4.74 Å². The number of rotatable bonds is 5. The fourth-order valence-electron chi connectivity index (χ4n) is 3.49. The molecule has 0 aromatic heterocycles. The summed E-state index contributed by atoms with van der Waals surface area (Å²) in [7, 11) is 0. The van der Waals surface area contributed by atoms with Crippen molar-refractivity contribution in [3.63, 3.8) is 0 Å². The number of fused-ring (bicyclic) bond motifs is 2. The summed E-state index contributed by atoms with van der Waals surface area (Å²) in [4.78, 5) is 29.3. The first kappa shape index (κ1) is 18.8. The van der Waals surface area contributed by atoms with Crippen LogP contribution in [0.1, 0.15) is 33.6 Å². The molecule has 1 unspecified atom stereocenters. The highest BCUT2D eigenvalue weighted by atomic mass is 32.2. The first-order valence-electron chi connectivity index (χ1n) is 9.41. The molecule has 2 heterocycles. The van der Waals surface area contributed by atoms with E-state index in [1.165, 1.54) is 0 Å². The van der Waals surface area contributed by atoms with Crippen molar-refractivity contribution in [1.82, 2.24) is 5.32 Å². The minimum Gasteiger partial charge on any atom is -0.376 e. The zero-order valence-electron chi connectivity index (χ0n) is 15.5. The summed E-state index contributed by atoms with van der Waals surface area (Å²) >= 11 is 1.54. The molecule has 0 bridgehead atoms. The van der Waals surface area contributed by atoms with E-state index in [-0.39, 0.29) is 17.9 Å². The quantitative estimate of drug-likeness (QED) is 0.782. The van der Waals surface area contributed by atoms with Gasteiger partial charge in [-0.2, -0.15) is 0 Å². The Morgan fingerprint density at radius 2 is 2.14 bits per heavy atom. The molecule has 2 aliphatic heterocycles. The highest BCUT2D eigenvalue weighted by Gasteiger charge is 2.27. The molecule has 6 heteroatoms. The van der Waals surface area contributed by atoms with Crippen molar-refractivity contribution in [3.05, 3.63) is 66.2 Å². The molecule has 1 fully saturated rings. The lowest BCUT2D eigenvalue weighted by Gasteiger charge is -2.22. The van der Waals surface area contributed by atoms with Crippen LogP contribution in [0, 0.1) is 0 Å². The van der Waals surface area contributed by atoms with Gasteiger partial charge in [-0.15, -0.1) is 6.58 Å². The molecule has 2 aliphatic rings.